The van der Waals surface area contributed by atoms with Gasteiger partial charge in [0.05, 0.1) is 18.4 Å². The number of hydrogen-bond donors (Lipinski definition) is 4. The van der Waals surface area contributed by atoms with Crippen LogP contribution >= 0.6 is 7.37 Å². The Hall–Kier alpha value is -3.84. The number of nitrogens with one attached hydrogen (secondary N) is 2. The summed E-state index contributed by atoms with van der Waals surface area (Å²) in [5.74, 6) is -2.34. The zero-order valence-electron chi connectivity index (χ0n) is 24.3. The molecular weight excluding hydrogens is 585 g/mol. The third-order valence-corrected chi connectivity index (χ3v) is 6.68. The minimum absolute atomic E-state index is 0.00675. The van der Waals surface area contributed by atoms with E-state index in [9.17, 15) is 38.8 Å². The Labute approximate surface area is 249 Å². The molecule has 3 unspecified atom stereocenters. The summed E-state index contributed by atoms with van der Waals surface area (Å²) in [7, 11) is -1.18. The predicted octanol–water partition coefficient (Wildman–Crippen LogP) is 1.63. The SMILES string of the molecule is CN(CCC(=O)NCCC(=O)Nc1cc(/C=C/COP(C)(C)=O)ccc1OC1CC(O)CC(C(=O)O)O1)C(=O)/C=C\C=O. The van der Waals surface area contributed by atoms with E-state index in [1.807, 2.05) is 0 Å². The molecule has 43 heavy (non-hydrogen) atoms. The van der Waals surface area contributed by atoms with Gasteiger partial charge in [0.1, 0.15) is 12.0 Å². The molecule has 1 saturated heterocycles. The van der Waals surface area contributed by atoms with E-state index in [1.54, 1.807) is 30.4 Å². The van der Waals surface area contributed by atoms with Gasteiger partial charge in [-0.05, 0) is 23.8 Å². The number of benzene rings is 1. The van der Waals surface area contributed by atoms with Crippen LogP contribution in [0.25, 0.3) is 6.08 Å². The van der Waals surface area contributed by atoms with Gasteiger partial charge < -0.3 is 39.7 Å². The highest BCUT2D eigenvalue weighted by atomic mass is 31.2. The number of aldehydes is 1. The summed E-state index contributed by atoms with van der Waals surface area (Å²) in [6.45, 7) is 3.22. The van der Waals surface area contributed by atoms with Gasteiger partial charge in [-0.15, -0.1) is 0 Å². The number of likely N-dealkylation sites (N-methyl/N-ethyl adjacent to an activating group) is 1. The number of aliphatic hydroxyl groups is 1. The smallest absolute Gasteiger partial charge is 0.333 e. The molecule has 3 amide bonds. The Morgan fingerprint density at radius 3 is 2.58 bits per heavy atom. The van der Waals surface area contributed by atoms with E-state index in [4.69, 9.17) is 14.0 Å². The molecule has 3 atom stereocenters. The van der Waals surface area contributed by atoms with Gasteiger partial charge in [0.25, 0.3) is 0 Å². The number of aliphatic carboxylic acids is 1. The van der Waals surface area contributed by atoms with E-state index in [-0.39, 0.29) is 62.7 Å². The number of rotatable bonds is 16. The fourth-order valence-electron chi connectivity index (χ4n) is 3.74. The lowest BCUT2D eigenvalue weighted by Gasteiger charge is -2.31. The third-order valence-electron chi connectivity index (χ3n) is 5.91. The van der Waals surface area contributed by atoms with Gasteiger partial charge in [0.2, 0.25) is 24.0 Å². The molecule has 1 aliphatic rings. The number of aliphatic hydroxyl groups excluding tert-OH is 1. The highest BCUT2D eigenvalue weighted by Crippen LogP contribution is 2.37. The van der Waals surface area contributed by atoms with Crippen LogP contribution in [0.3, 0.4) is 0 Å². The van der Waals surface area contributed by atoms with Crippen LogP contribution in [-0.4, -0.2) is 104 Å². The molecule has 0 saturated carbocycles. The minimum Gasteiger partial charge on any atom is -0.479 e. The molecule has 1 aliphatic heterocycles. The molecule has 14 nitrogen and oxygen atoms in total. The summed E-state index contributed by atoms with van der Waals surface area (Å²) < 4.78 is 28.3. The topological polar surface area (TPSA) is 198 Å². The van der Waals surface area contributed by atoms with Crippen molar-refractivity contribution in [1.82, 2.24) is 10.2 Å². The van der Waals surface area contributed by atoms with Crippen LogP contribution in [0, 0.1) is 0 Å². The molecule has 0 bridgehead atoms. The number of allylic oxidation sites excluding steroid dienone is 1. The van der Waals surface area contributed by atoms with E-state index in [0.29, 0.717) is 11.8 Å². The van der Waals surface area contributed by atoms with E-state index < -0.39 is 43.7 Å². The summed E-state index contributed by atoms with van der Waals surface area (Å²) in [6, 6.07) is 4.81. The van der Waals surface area contributed by atoms with Crippen LogP contribution in [0.5, 0.6) is 5.75 Å². The first kappa shape index (κ1) is 35.4. The van der Waals surface area contributed by atoms with Crippen molar-refractivity contribution >= 4 is 49.1 Å². The lowest BCUT2D eigenvalue weighted by molar-refractivity contribution is -0.195. The van der Waals surface area contributed by atoms with Crippen LogP contribution in [0.15, 0.2) is 36.4 Å². The summed E-state index contributed by atoms with van der Waals surface area (Å²) in [5, 5.41) is 24.7. The Morgan fingerprint density at radius 2 is 1.91 bits per heavy atom. The van der Waals surface area contributed by atoms with E-state index in [0.717, 1.165) is 12.2 Å². The van der Waals surface area contributed by atoms with E-state index in [1.165, 1.54) is 25.3 Å². The molecule has 0 radical (unpaired) electrons. The Bertz CT molecular complexity index is 1260. The number of carboxylic acids is 1. The lowest BCUT2D eigenvalue weighted by Crippen LogP contribution is -2.42. The van der Waals surface area contributed by atoms with Crippen molar-refractivity contribution in [2.75, 3.05) is 45.4 Å². The maximum absolute atomic E-state index is 12.7. The van der Waals surface area contributed by atoms with Gasteiger partial charge in [-0.1, -0.05) is 18.2 Å². The molecule has 15 heteroatoms. The summed E-state index contributed by atoms with van der Waals surface area (Å²) in [5.41, 5.74) is 0.867. The number of anilines is 1. The second kappa shape index (κ2) is 17.3. The van der Waals surface area contributed by atoms with Crippen LogP contribution < -0.4 is 15.4 Å². The zero-order valence-corrected chi connectivity index (χ0v) is 25.2. The molecule has 0 aliphatic carbocycles. The summed E-state index contributed by atoms with van der Waals surface area (Å²) >= 11 is 0. The number of carbonyl (C=O) groups excluding carboxylic acids is 4. The number of hydrogen-bond acceptors (Lipinski definition) is 10. The fraction of sp³-hybridized carbons (Fsp3) is 0.464. The number of ether oxygens (including phenoxy) is 2. The molecular formula is C28H38N3O11P. The highest BCUT2D eigenvalue weighted by Gasteiger charge is 2.34. The van der Waals surface area contributed by atoms with Crippen molar-refractivity contribution in [2.24, 2.45) is 0 Å². The molecule has 4 N–H and O–H groups in total. The minimum atomic E-state index is -2.66. The van der Waals surface area contributed by atoms with Gasteiger partial charge in [0.15, 0.2) is 13.5 Å². The quantitative estimate of drug-likeness (QED) is 0.119. The molecule has 1 aromatic rings. The largest absolute Gasteiger partial charge is 0.479 e. The first-order valence-electron chi connectivity index (χ1n) is 13.4. The summed E-state index contributed by atoms with van der Waals surface area (Å²) in [4.78, 5) is 59.6. The molecule has 2 rings (SSSR count). The van der Waals surface area contributed by atoms with Crippen molar-refractivity contribution in [3.05, 3.63) is 42.0 Å². The maximum atomic E-state index is 12.7. The first-order valence-corrected chi connectivity index (χ1v) is 16.0. The number of carbonyl (C=O) groups is 5. The standard InChI is InChI=1S/C28H38N3O11P/c1-31(26(36)7-4-14-32)13-11-24(34)29-12-10-25(35)30-21-16-19(6-5-15-40-43(2,3)39)8-9-22(21)41-27-18-20(33)17-23(42-27)28(37)38/h4-9,14,16,20,23,27,33H,10-13,15,17-18H2,1-3H3,(H,29,34)(H,30,35)(H,37,38)/b6-5+,7-4-. The number of carboxylic acid groups (broad SMARTS) is 1. The van der Waals surface area contributed by atoms with Crippen LogP contribution in [-0.2, 0) is 37.8 Å². The fourth-order valence-corrected chi connectivity index (χ4v) is 4.18. The third kappa shape index (κ3) is 13.8. The Morgan fingerprint density at radius 1 is 1.16 bits per heavy atom. The second-order valence-corrected chi connectivity index (χ2v) is 12.8. The van der Waals surface area contributed by atoms with Crippen LogP contribution in [0.2, 0.25) is 0 Å². The monoisotopic (exact) mass is 623 g/mol. The van der Waals surface area contributed by atoms with E-state index in [2.05, 4.69) is 10.6 Å². The molecule has 236 valence electrons. The first-order chi connectivity index (χ1) is 20.3. The molecule has 0 aromatic heterocycles. The Balaban J connectivity index is 2.03. The van der Waals surface area contributed by atoms with Gasteiger partial charge in [-0.3, -0.25) is 23.7 Å². The average Bonchev–Trinajstić information content (AvgIpc) is 2.93. The Kier molecular flexibility index (Phi) is 14.2. The normalized spacial score (nSPS) is 18.7. The van der Waals surface area contributed by atoms with Crippen molar-refractivity contribution in [3.63, 3.8) is 0 Å². The van der Waals surface area contributed by atoms with Crippen molar-refractivity contribution in [3.8, 4) is 5.75 Å². The van der Waals surface area contributed by atoms with Gasteiger partial charge >= 0.3 is 5.97 Å². The molecule has 1 fully saturated rings. The van der Waals surface area contributed by atoms with Gasteiger partial charge in [0, 0.05) is 65.2 Å². The molecule has 1 heterocycles. The number of amides is 3. The second-order valence-electron chi connectivity index (χ2n) is 9.99. The van der Waals surface area contributed by atoms with Gasteiger partial charge in [-0.25, -0.2) is 4.79 Å². The van der Waals surface area contributed by atoms with Crippen LogP contribution in [0.4, 0.5) is 5.69 Å². The lowest BCUT2D eigenvalue weighted by atomic mass is 10.1. The van der Waals surface area contributed by atoms with Crippen molar-refractivity contribution in [1.29, 1.82) is 0 Å². The zero-order chi connectivity index (χ0) is 32.0. The highest BCUT2D eigenvalue weighted by molar-refractivity contribution is 7.57. The maximum Gasteiger partial charge on any atom is 0.333 e. The predicted molar refractivity (Wildman–Crippen MR) is 157 cm³/mol. The van der Waals surface area contributed by atoms with Crippen LogP contribution in [0.1, 0.15) is 31.2 Å². The molecule has 0 spiro atoms. The van der Waals surface area contributed by atoms with Crippen molar-refractivity contribution in [2.45, 2.75) is 44.2 Å². The summed E-state index contributed by atoms with van der Waals surface area (Å²) in [6.07, 6.45) is 2.50. The number of nitrogens with zero attached hydrogens (tertiary/aromatic N) is 1. The molecule has 1 aromatic carbocycles. The van der Waals surface area contributed by atoms with Gasteiger partial charge in [-0.2, -0.15) is 0 Å². The van der Waals surface area contributed by atoms with Crippen molar-refractivity contribution < 1.29 is 52.7 Å². The average molecular weight is 624 g/mol. The van der Waals surface area contributed by atoms with E-state index >= 15 is 0 Å².